The molecule has 0 unspecified atom stereocenters. The topological polar surface area (TPSA) is 33.2 Å². The van der Waals surface area contributed by atoms with Gasteiger partial charge in [0.15, 0.2) is 6.29 Å². The summed E-state index contributed by atoms with van der Waals surface area (Å²) in [6, 6.07) is 9.61. The fourth-order valence-corrected chi connectivity index (χ4v) is 1.57. The quantitative estimate of drug-likeness (QED) is 0.696. The number of hydrogen-bond acceptors (Lipinski definition) is 3. The van der Waals surface area contributed by atoms with Crippen molar-refractivity contribution in [1.82, 2.24) is 4.98 Å². The molecular formula is C12H12N2O. The van der Waals surface area contributed by atoms with Crippen LogP contribution in [0.3, 0.4) is 0 Å². The maximum absolute atomic E-state index is 10.7. The molecule has 1 aromatic carbocycles. The van der Waals surface area contributed by atoms with Crippen LogP contribution in [0.4, 0.5) is 5.69 Å². The van der Waals surface area contributed by atoms with Crippen LogP contribution in [0.1, 0.15) is 10.5 Å². The van der Waals surface area contributed by atoms with Gasteiger partial charge in [-0.2, -0.15) is 0 Å². The Labute approximate surface area is 88.3 Å². The Balaban J connectivity index is 2.75. The van der Waals surface area contributed by atoms with Crippen LogP contribution in [0.2, 0.25) is 0 Å². The second-order valence-corrected chi connectivity index (χ2v) is 3.60. The van der Waals surface area contributed by atoms with Crippen LogP contribution in [-0.4, -0.2) is 25.4 Å². The number of pyridine rings is 1. The van der Waals surface area contributed by atoms with Gasteiger partial charge in [-0.1, -0.05) is 18.2 Å². The minimum atomic E-state index is 0.469. The number of nitrogens with zero attached hydrogens (tertiary/aromatic N) is 2. The molecule has 1 heterocycles. The Morgan fingerprint density at radius 3 is 2.67 bits per heavy atom. The molecule has 0 spiro atoms. The van der Waals surface area contributed by atoms with Gasteiger partial charge in [0.25, 0.3) is 0 Å². The van der Waals surface area contributed by atoms with Crippen molar-refractivity contribution in [2.75, 3.05) is 19.0 Å². The minimum Gasteiger partial charge on any atom is -0.376 e. The van der Waals surface area contributed by atoms with Gasteiger partial charge in [-0.15, -0.1) is 0 Å². The Bertz CT molecular complexity index is 506. The number of hydrogen-bond donors (Lipinski definition) is 0. The Kier molecular flexibility index (Phi) is 2.37. The van der Waals surface area contributed by atoms with Gasteiger partial charge in [0.2, 0.25) is 0 Å². The molecule has 0 aliphatic rings. The van der Waals surface area contributed by atoms with Crippen molar-refractivity contribution in [3.05, 3.63) is 36.0 Å². The van der Waals surface area contributed by atoms with Crippen molar-refractivity contribution in [1.29, 1.82) is 0 Å². The van der Waals surface area contributed by atoms with Gasteiger partial charge in [0.05, 0.1) is 11.2 Å². The highest BCUT2D eigenvalue weighted by Gasteiger charge is 2.04. The Hall–Kier alpha value is -1.90. The summed E-state index contributed by atoms with van der Waals surface area (Å²) in [6.45, 7) is 0. The molecule has 3 heteroatoms. The lowest BCUT2D eigenvalue weighted by molar-refractivity contribution is 0.111. The van der Waals surface area contributed by atoms with E-state index in [9.17, 15) is 4.79 Å². The van der Waals surface area contributed by atoms with Crippen molar-refractivity contribution >= 4 is 22.9 Å². The Morgan fingerprint density at radius 2 is 2.00 bits per heavy atom. The third kappa shape index (κ3) is 1.68. The van der Waals surface area contributed by atoms with Crippen molar-refractivity contribution in [2.45, 2.75) is 0 Å². The number of para-hydroxylation sites is 1. The monoisotopic (exact) mass is 200 g/mol. The molecule has 1 aromatic heterocycles. The summed E-state index contributed by atoms with van der Waals surface area (Å²) >= 11 is 0. The third-order valence-electron chi connectivity index (χ3n) is 2.32. The normalized spacial score (nSPS) is 10.3. The lowest BCUT2D eigenvalue weighted by Crippen LogP contribution is -2.09. The number of carbonyl (C=O) groups is 1. The minimum absolute atomic E-state index is 0.469. The van der Waals surface area contributed by atoms with E-state index in [1.165, 1.54) is 0 Å². The van der Waals surface area contributed by atoms with E-state index in [-0.39, 0.29) is 0 Å². The first-order chi connectivity index (χ1) is 7.22. The fourth-order valence-electron chi connectivity index (χ4n) is 1.57. The van der Waals surface area contributed by atoms with Crippen LogP contribution in [0.5, 0.6) is 0 Å². The van der Waals surface area contributed by atoms with E-state index in [2.05, 4.69) is 4.98 Å². The summed E-state index contributed by atoms with van der Waals surface area (Å²) < 4.78 is 0. The molecule has 2 aromatic rings. The molecule has 0 fully saturated rings. The summed E-state index contributed by atoms with van der Waals surface area (Å²) in [7, 11) is 3.92. The van der Waals surface area contributed by atoms with E-state index in [4.69, 9.17) is 0 Å². The molecule has 0 saturated heterocycles. The van der Waals surface area contributed by atoms with Crippen LogP contribution < -0.4 is 4.90 Å². The first-order valence-electron chi connectivity index (χ1n) is 4.74. The molecule has 15 heavy (non-hydrogen) atoms. The zero-order chi connectivity index (χ0) is 10.8. The molecule has 0 saturated carbocycles. The van der Waals surface area contributed by atoms with Crippen molar-refractivity contribution in [2.24, 2.45) is 0 Å². The predicted octanol–water partition coefficient (Wildman–Crippen LogP) is 2.11. The number of anilines is 1. The van der Waals surface area contributed by atoms with Gasteiger partial charge in [0, 0.05) is 19.5 Å². The molecule has 0 amide bonds. The zero-order valence-corrected chi connectivity index (χ0v) is 8.77. The molecule has 76 valence electrons. The van der Waals surface area contributed by atoms with Crippen molar-refractivity contribution < 1.29 is 4.79 Å². The standard InChI is InChI=1S/C12H12N2O/c1-14(2)11-5-3-4-9-6-7-10(8-15)13-12(9)11/h3-8H,1-2H3. The number of fused-ring (bicyclic) bond motifs is 1. The van der Waals surface area contributed by atoms with Gasteiger partial charge in [-0.25, -0.2) is 4.98 Å². The first kappa shape index (κ1) is 9.65. The average Bonchev–Trinajstić information content (AvgIpc) is 2.27. The van der Waals surface area contributed by atoms with Crippen LogP contribution in [0.15, 0.2) is 30.3 Å². The number of benzene rings is 1. The highest BCUT2D eigenvalue weighted by atomic mass is 16.1. The lowest BCUT2D eigenvalue weighted by Gasteiger charge is -2.14. The smallest absolute Gasteiger partial charge is 0.168 e. The van der Waals surface area contributed by atoms with E-state index >= 15 is 0 Å². The third-order valence-corrected chi connectivity index (χ3v) is 2.32. The second-order valence-electron chi connectivity index (χ2n) is 3.60. The molecular weight excluding hydrogens is 188 g/mol. The van der Waals surface area contributed by atoms with E-state index in [1.54, 1.807) is 6.07 Å². The molecule has 0 N–H and O–H groups in total. The van der Waals surface area contributed by atoms with E-state index in [1.807, 2.05) is 43.3 Å². The van der Waals surface area contributed by atoms with Gasteiger partial charge in [-0.3, -0.25) is 4.79 Å². The van der Waals surface area contributed by atoms with Crippen LogP contribution in [0, 0.1) is 0 Å². The molecule has 0 aliphatic carbocycles. The molecule has 2 rings (SSSR count). The predicted molar refractivity (Wildman–Crippen MR) is 61.5 cm³/mol. The van der Waals surface area contributed by atoms with Crippen LogP contribution in [-0.2, 0) is 0 Å². The maximum atomic E-state index is 10.7. The van der Waals surface area contributed by atoms with Crippen molar-refractivity contribution in [3.63, 3.8) is 0 Å². The number of rotatable bonds is 2. The second kappa shape index (κ2) is 3.69. The van der Waals surface area contributed by atoms with Crippen molar-refractivity contribution in [3.8, 4) is 0 Å². The zero-order valence-electron chi connectivity index (χ0n) is 8.77. The highest BCUT2D eigenvalue weighted by Crippen LogP contribution is 2.23. The summed E-state index contributed by atoms with van der Waals surface area (Å²) in [5.74, 6) is 0. The Morgan fingerprint density at radius 1 is 1.20 bits per heavy atom. The van der Waals surface area contributed by atoms with Gasteiger partial charge in [-0.05, 0) is 12.1 Å². The number of aldehydes is 1. The van der Waals surface area contributed by atoms with Crippen LogP contribution >= 0.6 is 0 Å². The summed E-state index contributed by atoms with van der Waals surface area (Å²) in [6.07, 6.45) is 0.770. The van der Waals surface area contributed by atoms with E-state index < -0.39 is 0 Å². The molecule has 0 bridgehead atoms. The van der Waals surface area contributed by atoms with E-state index in [0.717, 1.165) is 22.9 Å². The SMILES string of the molecule is CN(C)c1cccc2ccc(C=O)nc12. The van der Waals surface area contributed by atoms with Gasteiger partial charge >= 0.3 is 0 Å². The van der Waals surface area contributed by atoms with Gasteiger partial charge in [0.1, 0.15) is 5.69 Å². The fraction of sp³-hybridized carbons (Fsp3) is 0.167. The first-order valence-corrected chi connectivity index (χ1v) is 4.74. The average molecular weight is 200 g/mol. The molecule has 0 radical (unpaired) electrons. The lowest BCUT2D eigenvalue weighted by atomic mass is 10.1. The largest absolute Gasteiger partial charge is 0.376 e. The summed E-state index contributed by atoms with van der Waals surface area (Å²) in [4.78, 5) is 17.0. The molecule has 0 atom stereocenters. The summed E-state index contributed by atoms with van der Waals surface area (Å²) in [5.41, 5.74) is 2.36. The molecule has 3 nitrogen and oxygen atoms in total. The highest BCUT2D eigenvalue weighted by molar-refractivity contribution is 5.92. The van der Waals surface area contributed by atoms with Crippen LogP contribution in [0.25, 0.3) is 10.9 Å². The maximum Gasteiger partial charge on any atom is 0.168 e. The van der Waals surface area contributed by atoms with Gasteiger partial charge < -0.3 is 4.90 Å². The number of aromatic nitrogens is 1. The number of carbonyl (C=O) groups excluding carboxylic acids is 1. The molecule has 0 aliphatic heterocycles. The summed E-state index contributed by atoms with van der Waals surface area (Å²) in [5, 5.41) is 1.05. The van der Waals surface area contributed by atoms with E-state index in [0.29, 0.717) is 5.69 Å².